The number of benzene rings is 1. The maximum atomic E-state index is 13.1. The molecule has 1 N–H and O–H groups in total. The smallest absolute Gasteiger partial charge is 0.308 e. The van der Waals surface area contributed by atoms with E-state index in [1.54, 1.807) is 34.9 Å². The highest BCUT2D eigenvalue weighted by atomic mass is 16.5. The monoisotopic (exact) mass is 398 g/mol. The minimum atomic E-state index is -0.502. The fraction of sp³-hybridized carbons (Fsp3) is 0.435. The van der Waals surface area contributed by atoms with Gasteiger partial charge in [0.2, 0.25) is 0 Å². The Morgan fingerprint density at radius 1 is 1.10 bits per heavy atom. The molecular formula is C23H30N2O4. The number of unbranched alkanes of at least 4 members (excludes halogenated alkanes) is 1. The Morgan fingerprint density at radius 3 is 2.45 bits per heavy atom. The molecule has 1 heterocycles. The number of nitrogens with one attached hydrogen (secondary N) is 1. The Hall–Kier alpha value is -2.89. The molecule has 1 aromatic carbocycles. The molecule has 0 aliphatic heterocycles. The number of esters is 1. The molecule has 156 valence electrons. The van der Waals surface area contributed by atoms with Crippen LogP contribution in [0.1, 0.15) is 68.6 Å². The number of ether oxygens (including phenoxy) is 1. The van der Waals surface area contributed by atoms with Gasteiger partial charge in [0.15, 0.2) is 5.75 Å². The van der Waals surface area contributed by atoms with E-state index in [0.717, 1.165) is 43.4 Å². The molecule has 0 spiro atoms. The largest absolute Gasteiger partial charge is 0.424 e. The van der Waals surface area contributed by atoms with Crippen molar-refractivity contribution < 1.29 is 14.3 Å². The Bertz CT molecular complexity index is 931. The summed E-state index contributed by atoms with van der Waals surface area (Å²) < 4.78 is 6.91. The molecule has 6 heteroatoms. The van der Waals surface area contributed by atoms with Crippen LogP contribution in [-0.2, 0) is 24.2 Å². The van der Waals surface area contributed by atoms with Gasteiger partial charge in [0.1, 0.15) is 5.56 Å². The Labute approximate surface area is 171 Å². The Kier molecular flexibility index (Phi) is 8.19. The van der Waals surface area contributed by atoms with E-state index in [-0.39, 0.29) is 16.9 Å². The highest BCUT2D eigenvalue weighted by Crippen LogP contribution is 2.24. The molecule has 2 rings (SSSR count). The number of pyridine rings is 1. The number of rotatable bonds is 9. The summed E-state index contributed by atoms with van der Waals surface area (Å²) in [5.74, 6) is -0.735. The number of para-hydroxylation sites is 2. The van der Waals surface area contributed by atoms with Crippen molar-refractivity contribution in [3.63, 3.8) is 0 Å². The van der Waals surface area contributed by atoms with E-state index in [1.807, 2.05) is 6.92 Å². The molecule has 0 aliphatic carbocycles. The molecule has 0 saturated heterocycles. The van der Waals surface area contributed by atoms with Gasteiger partial charge in [-0.3, -0.25) is 14.4 Å². The SMILES string of the molecule is CCCCn1c(CCC)c(CC)cc(C(=O)Nc2ccccc2OC(C)=O)c1=O. The van der Waals surface area contributed by atoms with Crippen LogP contribution in [0.15, 0.2) is 35.1 Å². The molecule has 29 heavy (non-hydrogen) atoms. The van der Waals surface area contributed by atoms with Crippen molar-refractivity contribution in [3.05, 3.63) is 57.5 Å². The van der Waals surface area contributed by atoms with Crippen molar-refractivity contribution in [1.82, 2.24) is 4.57 Å². The highest BCUT2D eigenvalue weighted by Gasteiger charge is 2.19. The molecule has 0 fully saturated rings. The third-order valence-corrected chi connectivity index (χ3v) is 4.73. The van der Waals surface area contributed by atoms with Gasteiger partial charge in [0.05, 0.1) is 5.69 Å². The van der Waals surface area contributed by atoms with Crippen LogP contribution in [0.5, 0.6) is 5.75 Å². The van der Waals surface area contributed by atoms with Crippen LogP contribution < -0.4 is 15.6 Å². The molecule has 0 atom stereocenters. The normalized spacial score (nSPS) is 10.6. The summed E-state index contributed by atoms with van der Waals surface area (Å²) >= 11 is 0. The molecular weight excluding hydrogens is 368 g/mol. The average Bonchev–Trinajstić information content (AvgIpc) is 2.69. The number of nitrogens with zero attached hydrogens (tertiary/aromatic N) is 1. The highest BCUT2D eigenvalue weighted by molar-refractivity contribution is 6.05. The zero-order valence-electron chi connectivity index (χ0n) is 17.7. The number of amides is 1. The first-order chi connectivity index (χ1) is 13.9. The van der Waals surface area contributed by atoms with Crippen molar-refractivity contribution >= 4 is 17.6 Å². The summed E-state index contributed by atoms with van der Waals surface area (Å²) in [5.41, 5.74) is 2.21. The first-order valence-corrected chi connectivity index (χ1v) is 10.3. The van der Waals surface area contributed by atoms with Gasteiger partial charge in [0, 0.05) is 19.2 Å². The van der Waals surface area contributed by atoms with Crippen LogP contribution in [0, 0.1) is 0 Å². The lowest BCUT2D eigenvalue weighted by atomic mass is 10.0. The minimum absolute atomic E-state index is 0.107. The van der Waals surface area contributed by atoms with Crippen LogP contribution in [0.25, 0.3) is 0 Å². The summed E-state index contributed by atoms with van der Waals surface area (Å²) in [7, 11) is 0. The standard InChI is InChI=1S/C23H30N2O4/c1-5-8-14-25-20(11-6-2)17(7-3)15-18(23(25)28)22(27)24-19-12-9-10-13-21(19)29-16(4)26/h9-10,12-13,15H,5-8,11,14H2,1-4H3,(H,24,27). The van der Waals surface area contributed by atoms with Crippen LogP contribution in [0.2, 0.25) is 0 Å². The first-order valence-electron chi connectivity index (χ1n) is 10.3. The topological polar surface area (TPSA) is 77.4 Å². The van der Waals surface area contributed by atoms with Crippen molar-refractivity contribution in [2.24, 2.45) is 0 Å². The van der Waals surface area contributed by atoms with Gasteiger partial charge in [-0.2, -0.15) is 0 Å². The van der Waals surface area contributed by atoms with Gasteiger partial charge in [-0.1, -0.05) is 45.7 Å². The second-order valence-electron chi connectivity index (χ2n) is 6.99. The fourth-order valence-electron chi connectivity index (χ4n) is 3.32. The van der Waals surface area contributed by atoms with Crippen LogP contribution in [0.4, 0.5) is 5.69 Å². The molecule has 6 nitrogen and oxygen atoms in total. The molecule has 0 radical (unpaired) electrons. The van der Waals surface area contributed by atoms with Crippen molar-refractivity contribution in [2.75, 3.05) is 5.32 Å². The number of hydrogen-bond acceptors (Lipinski definition) is 4. The third kappa shape index (κ3) is 5.56. The zero-order valence-corrected chi connectivity index (χ0v) is 17.7. The second-order valence-corrected chi connectivity index (χ2v) is 6.99. The maximum Gasteiger partial charge on any atom is 0.308 e. The van der Waals surface area contributed by atoms with Gasteiger partial charge in [-0.05, 0) is 43.0 Å². The summed E-state index contributed by atoms with van der Waals surface area (Å²) in [4.78, 5) is 37.4. The van der Waals surface area contributed by atoms with E-state index in [2.05, 4.69) is 19.2 Å². The van der Waals surface area contributed by atoms with Crippen molar-refractivity contribution in [3.8, 4) is 5.75 Å². The molecule has 2 aromatic rings. The van der Waals surface area contributed by atoms with E-state index in [9.17, 15) is 14.4 Å². The predicted octanol–water partition coefficient (Wildman–Crippen LogP) is 4.34. The lowest BCUT2D eigenvalue weighted by Crippen LogP contribution is -2.32. The third-order valence-electron chi connectivity index (χ3n) is 4.73. The number of aryl methyl sites for hydroxylation is 1. The molecule has 0 saturated carbocycles. The lowest BCUT2D eigenvalue weighted by Gasteiger charge is -2.18. The van der Waals surface area contributed by atoms with Crippen molar-refractivity contribution in [1.29, 1.82) is 0 Å². The van der Waals surface area contributed by atoms with Gasteiger partial charge >= 0.3 is 5.97 Å². The minimum Gasteiger partial charge on any atom is -0.424 e. The Morgan fingerprint density at radius 2 is 1.83 bits per heavy atom. The molecule has 1 amide bonds. The average molecular weight is 399 g/mol. The van der Waals surface area contributed by atoms with Crippen molar-refractivity contribution in [2.45, 2.75) is 66.3 Å². The number of carbonyl (C=O) groups excluding carboxylic acids is 2. The van der Waals surface area contributed by atoms with Gasteiger partial charge in [-0.25, -0.2) is 0 Å². The fourth-order valence-corrected chi connectivity index (χ4v) is 3.32. The summed E-state index contributed by atoms with van der Waals surface area (Å²) in [6, 6.07) is 8.38. The first kappa shape index (κ1) is 22.4. The summed E-state index contributed by atoms with van der Waals surface area (Å²) in [6.45, 7) is 8.09. The van der Waals surface area contributed by atoms with Gasteiger partial charge in [-0.15, -0.1) is 0 Å². The summed E-state index contributed by atoms with van der Waals surface area (Å²) in [6.07, 6.45) is 4.32. The van der Waals surface area contributed by atoms with E-state index in [4.69, 9.17) is 4.74 Å². The molecule has 1 aromatic heterocycles. The van der Waals surface area contributed by atoms with Crippen LogP contribution >= 0.6 is 0 Å². The van der Waals surface area contributed by atoms with Gasteiger partial charge < -0.3 is 14.6 Å². The number of carbonyl (C=O) groups is 2. The second kappa shape index (κ2) is 10.6. The molecule has 0 aliphatic rings. The molecule has 0 bridgehead atoms. The van der Waals surface area contributed by atoms with E-state index < -0.39 is 11.9 Å². The van der Waals surface area contributed by atoms with Crippen LogP contribution in [0.3, 0.4) is 0 Å². The van der Waals surface area contributed by atoms with E-state index in [1.165, 1.54) is 6.92 Å². The quantitative estimate of drug-likeness (QED) is 0.503. The lowest BCUT2D eigenvalue weighted by molar-refractivity contribution is -0.131. The zero-order chi connectivity index (χ0) is 21.4. The number of hydrogen-bond donors (Lipinski definition) is 1. The number of aromatic nitrogens is 1. The summed E-state index contributed by atoms with van der Waals surface area (Å²) in [5, 5.41) is 2.73. The predicted molar refractivity (Wildman–Crippen MR) is 115 cm³/mol. The maximum absolute atomic E-state index is 13.1. The Balaban J connectivity index is 2.47. The number of anilines is 1. The van der Waals surface area contributed by atoms with Crippen LogP contribution in [-0.4, -0.2) is 16.4 Å². The molecule has 0 unspecified atom stereocenters. The van der Waals surface area contributed by atoms with Gasteiger partial charge in [0.25, 0.3) is 11.5 Å². The van der Waals surface area contributed by atoms with E-state index in [0.29, 0.717) is 12.2 Å². The van der Waals surface area contributed by atoms with E-state index >= 15 is 0 Å².